The summed E-state index contributed by atoms with van der Waals surface area (Å²) in [6.07, 6.45) is 4.69. The van der Waals surface area contributed by atoms with E-state index >= 15 is 0 Å². The number of hydrogen-bond donors (Lipinski definition) is 2. The second kappa shape index (κ2) is 9.66. The van der Waals surface area contributed by atoms with Gasteiger partial charge in [-0.05, 0) is 36.8 Å². The molecule has 0 aliphatic carbocycles. The average Bonchev–Trinajstić information content (AvgIpc) is 2.74. The van der Waals surface area contributed by atoms with Gasteiger partial charge in [-0.1, -0.05) is 12.1 Å². The summed E-state index contributed by atoms with van der Waals surface area (Å²) in [5.74, 6) is 1.98. The van der Waals surface area contributed by atoms with Gasteiger partial charge in [-0.2, -0.15) is 0 Å². The highest BCUT2D eigenvalue weighted by molar-refractivity contribution is 6.16. The van der Waals surface area contributed by atoms with Crippen molar-refractivity contribution in [1.29, 1.82) is 5.41 Å². The zero-order valence-corrected chi connectivity index (χ0v) is 16.0. The monoisotopic (exact) mass is 379 g/mol. The lowest BCUT2D eigenvalue weighted by atomic mass is 10.1. The third-order valence-corrected chi connectivity index (χ3v) is 4.28. The molecule has 28 heavy (non-hydrogen) atoms. The number of pyridine rings is 1. The second-order valence-corrected chi connectivity index (χ2v) is 6.21. The van der Waals surface area contributed by atoms with Crippen LogP contribution in [0.2, 0.25) is 0 Å². The van der Waals surface area contributed by atoms with Crippen molar-refractivity contribution in [3.63, 3.8) is 0 Å². The topological polar surface area (TPSA) is 96.8 Å². The largest absolute Gasteiger partial charge is 0.494 e. The van der Waals surface area contributed by atoms with E-state index in [0.29, 0.717) is 31.2 Å². The Hall–Kier alpha value is -3.19. The van der Waals surface area contributed by atoms with Crippen molar-refractivity contribution in [3.8, 4) is 5.75 Å². The maximum atomic E-state index is 7.71. The molecule has 0 amide bonds. The summed E-state index contributed by atoms with van der Waals surface area (Å²) in [5, 5.41) is 7.71. The maximum absolute atomic E-state index is 7.71. The smallest absolute Gasteiger partial charge is 0.130 e. The summed E-state index contributed by atoms with van der Waals surface area (Å²) in [7, 11) is 0. The van der Waals surface area contributed by atoms with Gasteiger partial charge in [-0.25, -0.2) is 9.98 Å². The van der Waals surface area contributed by atoms with Crippen LogP contribution in [0.3, 0.4) is 0 Å². The average molecular weight is 379 g/mol. The van der Waals surface area contributed by atoms with Crippen LogP contribution in [0, 0.1) is 5.41 Å². The summed E-state index contributed by atoms with van der Waals surface area (Å²) < 4.78 is 10.8. The number of anilines is 1. The molecule has 2 heterocycles. The summed E-state index contributed by atoms with van der Waals surface area (Å²) in [5.41, 5.74) is 8.39. The molecule has 1 aliphatic heterocycles. The van der Waals surface area contributed by atoms with Gasteiger partial charge in [0.15, 0.2) is 0 Å². The van der Waals surface area contributed by atoms with E-state index in [0.717, 1.165) is 35.9 Å². The first kappa shape index (κ1) is 19.6. The van der Waals surface area contributed by atoms with Crippen LogP contribution in [0.25, 0.3) is 5.57 Å². The van der Waals surface area contributed by atoms with E-state index in [4.69, 9.17) is 20.6 Å². The number of allylic oxidation sites excluding steroid dienone is 1. The van der Waals surface area contributed by atoms with Gasteiger partial charge in [0.25, 0.3) is 0 Å². The molecule has 0 unspecified atom stereocenters. The fourth-order valence-corrected chi connectivity index (χ4v) is 2.90. The van der Waals surface area contributed by atoms with Gasteiger partial charge in [0.1, 0.15) is 17.4 Å². The molecule has 7 nitrogen and oxygen atoms in total. The molecule has 1 aromatic carbocycles. The van der Waals surface area contributed by atoms with E-state index in [-0.39, 0.29) is 0 Å². The molecule has 1 aliphatic rings. The first-order valence-electron chi connectivity index (χ1n) is 9.28. The summed E-state index contributed by atoms with van der Waals surface area (Å²) in [6, 6.07) is 11.3. The Morgan fingerprint density at radius 1 is 1.29 bits per heavy atom. The molecule has 1 aromatic heterocycles. The number of nitrogens with two attached hydrogens (primary N) is 1. The molecule has 3 N–H and O–H groups in total. The lowest BCUT2D eigenvalue weighted by Crippen LogP contribution is -2.36. The summed E-state index contributed by atoms with van der Waals surface area (Å²) >= 11 is 0. The highest BCUT2D eigenvalue weighted by atomic mass is 16.5. The number of hydrogen-bond acceptors (Lipinski definition) is 6. The molecule has 0 bridgehead atoms. The second-order valence-electron chi connectivity index (χ2n) is 6.21. The van der Waals surface area contributed by atoms with Crippen LogP contribution < -0.4 is 15.4 Å². The highest BCUT2D eigenvalue weighted by Gasteiger charge is 2.12. The number of nitrogens with one attached hydrogen (secondary N) is 1. The van der Waals surface area contributed by atoms with Crippen LogP contribution in [-0.2, 0) is 4.74 Å². The predicted molar refractivity (Wildman–Crippen MR) is 113 cm³/mol. The Balaban J connectivity index is 1.78. The van der Waals surface area contributed by atoms with Crippen LogP contribution in [0.5, 0.6) is 5.75 Å². The predicted octanol–water partition coefficient (Wildman–Crippen LogP) is 3.04. The molecule has 146 valence electrons. The third-order valence-electron chi connectivity index (χ3n) is 4.28. The Labute approximate surface area is 165 Å². The molecule has 0 saturated carbocycles. The van der Waals surface area contributed by atoms with Gasteiger partial charge in [0, 0.05) is 37.1 Å². The van der Waals surface area contributed by atoms with Crippen molar-refractivity contribution < 1.29 is 9.47 Å². The molecular formula is C21H25N5O2. The van der Waals surface area contributed by atoms with Gasteiger partial charge in [0.05, 0.1) is 25.5 Å². The Morgan fingerprint density at radius 2 is 2.04 bits per heavy atom. The first-order chi connectivity index (χ1) is 13.7. The fourth-order valence-electron chi connectivity index (χ4n) is 2.90. The Bertz CT molecular complexity index is 855. The number of ether oxygens (including phenoxy) is 2. The van der Waals surface area contributed by atoms with E-state index in [1.54, 1.807) is 12.3 Å². The highest BCUT2D eigenvalue weighted by Crippen LogP contribution is 2.21. The zero-order valence-electron chi connectivity index (χ0n) is 16.0. The molecule has 7 heteroatoms. The number of amidine groups is 1. The van der Waals surface area contributed by atoms with Crippen molar-refractivity contribution in [2.45, 2.75) is 6.92 Å². The molecular weight excluding hydrogens is 354 g/mol. The summed E-state index contributed by atoms with van der Waals surface area (Å²) in [4.78, 5) is 11.0. The van der Waals surface area contributed by atoms with Crippen LogP contribution in [0.1, 0.15) is 12.5 Å². The lowest BCUT2D eigenvalue weighted by Gasteiger charge is -2.27. The van der Waals surface area contributed by atoms with Gasteiger partial charge in [-0.3, -0.25) is 0 Å². The van der Waals surface area contributed by atoms with E-state index < -0.39 is 0 Å². The van der Waals surface area contributed by atoms with E-state index in [1.807, 2.05) is 43.3 Å². The van der Waals surface area contributed by atoms with Crippen LogP contribution in [0.4, 0.5) is 11.5 Å². The minimum atomic E-state index is 0.325. The van der Waals surface area contributed by atoms with Gasteiger partial charge < -0.3 is 25.5 Å². The first-order valence-corrected chi connectivity index (χ1v) is 9.28. The summed E-state index contributed by atoms with van der Waals surface area (Å²) in [6.45, 7) is 5.58. The maximum Gasteiger partial charge on any atom is 0.130 e. The minimum absolute atomic E-state index is 0.325. The molecule has 3 rings (SSSR count). The standard InChI is InChI=1S/C21H25N5O2/c1-2-28-19-5-3-16(4-6-19)17(15-22)13-20(23)25-18-7-8-24-21(14-18)26-9-11-27-12-10-26/h3-8,13-15,22H,2,9-12H2,1H3,(H2,23,24,25)/b17-13+,22-15?. The molecule has 0 radical (unpaired) electrons. The molecule has 0 spiro atoms. The van der Waals surface area contributed by atoms with Crippen molar-refractivity contribution in [3.05, 3.63) is 54.2 Å². The number of benzene rings is 1. The number of nitrogens with zero attached hydrogens (tertiary/aromatic N) is 3. The number of aliphatic imine (C=N–C) groups is 1. The Kier molecular flexibility index (Phi) is 6.75. The van der Waals surface area contributed by atoms with Gasteiger partial charge >= 0.3 is 0 Å². The minimum Gasteiger partial charge on any atom is -0.494 e. The van der Waals surface area contributed by atoms with Crippen molar-refractivity contribution in [2.75, 3.05) is 37.8 Å². The van der Waals surface area contributed by atoms with Crippen molar-refractivity contribution in [2.24, 2.45) is 10.7 Å². The molecule has 0 atom stereocenters. The van der Waals surface area contributed by atoms with Crippen molar-refractivity contribution >= 4 is 29.1 Å². The molecule has 1 saturated heterocycles. The number of rotatable bonds is 7. The molecule has 1 fully saturated rings. The third kappa shape index (κ3) is 5.17. The van der Waals surface area contributed by atoms with Crippen molar-refractivity contribution in [1.82, 2.24) is 4.98 Å². The van der Waals surface area contributed by atoms with E-state index in [1.165, 1.54) is 6.21 Å². The van der Waals surface area contributed by atoms with Gasteiger partial charge in [-0.15, -0.1) is 0 Å². The lowest BCUT2D eigenvalue weighted by molar-refractivity contribution is 0.122. The SMILES string of the molecule is CCOc1ccc(/C(C=N)=C/C(N)=Nc2ccnc(N3CCOCC3)c2)cc1. The van der Waals surface area contributed by atoms with Gasteiger partial charge in [0.2, 0.25) is 0 Å². The quantitative estimate of drug-likeness (QED) is 0.569. The number of aromatic nitrogens is 1. The molecule has 2 aromatic rings. The normalized spacial score (nSPS) is 15.4. The van der Waals surface area contributed by atoms with Crippen LogP contribution >= 0.6 is 0 Å². The fraction of sp³-hybridized carbons (Fsp3) is 0.286. The van der Waals surface area contributed by atoms with E-state index in [9.17, 15) is 0 Å². The Morgan fingerprint density at radius 3 is 2.71 bits per heavy atom. The van der Waals surface area contributed by atoms with E-state index in [2.05, 4.69) is 14.9 Å². The number of morpholine rings is 1. The zero-order chi connectivity index (χ0) is 19.8. The van der Waals surface area contributed by atoms with Crippen LogP contribution in [-0.4, -0.2) is 49.9 Å². The van der Waals surface area contributed by atoms with Crippen LogP contribution in [0.15, 0.2) is 53.7 Å².